The van der Waals surface area contributed by atoms with E-state index in [0.29, 0.717) is 11.7 Å². The summed E-state index contributed by atoms with van der Waals surface area (Å²) in [4.78, 5) is 12.1. The second kappa shape index (κ2) is 7.47. The molecule has 118 valence electrons. The fourth-order valence-electron chi connectivity index (χ4n) is 1.91. The number of furan rings is 1. The largest absolute Gasteiger partial charge is 0.467 e. The minimum atomic E-state index is -0.102. The summed E-state index contributed by atoms with van der Waals surface area (Å²) in [5.41, 5.74) is 0.746. The molecule has 3 rings (SSSR count). The van der Waals surface area contributed by atoms with Gasteiger partial charge in [0.05, 0.1) is 24.2 Å². The number of hydrogen-bond donors (Lipinski definition) is 1. The van der Waals surface area contributed by atoms with E-state index in [-0.39, 0.29) is 11.7 Å². The first-order chi connectivity index (χ1) is 11.2. The highest BCUT2D eigenvalue weighted by Gasteiger charge is 2.11. The predicted octanol–water partition coefficient (Wildman–Crippen LogP) is 3.41. The Labute approximate surface area is 145 Å². The van der Waals surface area contributed by atoms with Crippen LogP contribution in [-0.4, -0.2) is 26.4 Å². The SMILES string of the molecule is O=C(CSc1nncn1Cc1ccco1)Nc1ccccc1Br. The van der Waals surface area contributed by atoms with Crippen LogP contribution >= 0.6 is 27.7 Å². The number of rotatable bonds is 6. The molecule has 1 amide bonds. The van der Waals surface area contributed by atoms with Gasteiger partial charge in [-0.3, -0.25) is 4.79 Å². The van der Waals surface area contributed by atoms with Gasteiger partial charge in [0.15, 0.2) is 5.16 Å². The lowest BCUT2D eigenvalue weighted by Crippen LogP contribution is -2.15. The number of carbonyl (C=O) groups excluding carboxylic acids is 1. The van der Waals surface area contributed by atoms with E-state index in [0.717, 1.165) is 15.9 Å². The molecule has 8 heteroatoms. The second-order valence-electron chi connectivity index (χ2n) is 4.64. The van der Waals surface area contributed by atoms with Gasteiger partial charge in [-0.25, -0.2) is 0 Å². The monoisotopic (exact) mass is 392 g/mol. The molecule has 0 saturated carbocycles. The van der Waals surface area contributed by atoms with Gasteiger partial charge < -0.3 is 14.3 Å². The molecule has 0 aliphatic heterocycles. The number of amides is 1. The summed E-state index contributed by atoms with van der Waals surface area (Å²) in [6, 6.07) is 11.2. The van der Waals surface area contributed by atoms with E-state index in [2.05, 4.69) is 31.4 Å². The van der Waals surface area contributed by atoms with E-state index in [1.165, 1.54) is 11.8 Å². The van der Waals surface area contributed by atoms with Crippen molar-refractivity contribution in [2.45, 2.75) is 11.7 Å². The van der Waals surface area contributed by atoms with E-state index in [1.807, 2.05) is 41.0 Å². The standard InChI is InChI=1S/C15H13BrN4O2S/c16-12-5-1-2-6-13(12)18-14(21)9-23-15-19-17-10-20(15)8-11-4-3-7-22-11/h1-7,10H,8-9H2,(H,18,21). The van der Waals surface area contributed by atoms with Crippen LogP contribution in [0.5, 0.6) is 0 Å². The fraction of sp³-hybridized carbons (Fsp3) is 0.133. The van der Waals surface area contributed by atoms with Crippen LogP contribution in [0.15, 0.2) is 63.0 Å². The van der Waals surface area contributed by atoms with Gasteiger partial charge in [-0.05, 0) is 40.2 Å². The van der Waals surface area contributed by atoms with Gasteiger partial charge in [0.2, 0.25) is 5.91 Å². The van der Waals surface area contributed by atoms with Crippen molar-refractivity contribution in [2.75, 3.05) is 11.1 Å². The highest BCUT2D eigenvalue weighted by atomic mass is 79.9. The van der Waals surface area contributed by atoms with E-state index in [4.69, 9.17) is 4.42 Å². The van der Waals surface area contributed by atoms with Crippen LogP contribution < -0.4 is 5.32 Å². The molecule has 0 bridgehead atoms. The number of benzene rings is 1. The van der Waals surface area contributed by atoms with Crippen molar-refractivity contribution in [1.29, 1.82) is 0 Å². The van der Waals surface area contributed by atoms with Crippen LogP contribution in [-0.2, 0) is 11.3 Å². The number of halogens is 1. The molecule has 0 spiro atoms. The maximum atomic E-state index is 12.1. The third-order valence-electron chi connectivity index (χ3n) is 2.97. The molecule has 3 aromatic rings. The van der Waals surface area contributed by atoms with Gasteiger partial charge >= 0.3 is 0 Å². The summed E-state index contributed by atoms with van der Waals surface area (Å²) >= 11 is 4.73. The van der Waals surface area contributed by atoms with E-state index in [9.17, 15) is 4.79 Å². The van der Waals surface area contributed by atoms with Crippen molar-refractivity contribution >= 4 is 39.3 Å². The Balaban J connectivity index is 1.57. The van der Waals surface area contributed by atoms with Gasteiger partial charge in [0.25, 0.3) is 0 Å². The maximum Gasteiger partial charge on any atom is 0.234 e. The quantitative estimate of drug-likeness (QED) is 0.650. The van der Waals surface area contributed by atoms with Crippen LogP contribution in [0.3, 0.4) is 0 Å². The summed E-state index contributed by atoms with van der Waals surface area (Å²) in [6.45, 7) is 0.536. The molecule has 23 heavy (non-hydrogen) atoms. The van der Waals surface area contributed by atoms with E-state index in [1.54, 1.807) is 12.6 Å². The van der Waals surface area contributed by atoms with E-state index >= 15 is 0 Å². The van der Waals surface area contributed by atoms with Crippen LogP contribution in [0.25, 0.3) is 0 Å². The number of thioether (sulfide) groups is 1. The average molecular weight is 393 g/mol. The van der Waals surface area contributed by atoms with Crippen molar-refractivity contribution in [3.63, 3.8) is 0 Å². The van der Waals surface area contributed by atoms with Crippen molar-refractivity contribution in [1.82, 2.24) is 14.8 Å². The van der Waals surface area contributed by atoms with Gasteiger partial charge in [-0.2, -0.15) is 0 Å². The zero-order chi connectivity index (χ0) is 16.1. The van der Waals surface area contributed by atoms with Crippen molar-refractivity contribution < 1.29 is 9.21 Å². The maximum absolute atomic E-state index is 12.1. The summed E-state index contributed by atoms with van der Waals surface area (Å²) in [5, 5.41) is 11.5. The molecule has 0 atom stereocenters. The first-order valence-electron chi connectivity index (χ1n) is 6.80. The molecule has 0 saturated heterocycles. The number of para-hydroxylation sites is 1. The number of hydrogen-bond acceptors (Lipinski definition) is 5. The van der Waals surface area contributed by atoms with Crippen LogP contribution in [0.4, 0.5) is 5.69 Å². The first-order valence-corrected chi connectivity index (χ1v) is 8.57. The highest BCUT2D eigenvalue weighted by molar-refractivity contribution is 9.10. The smallest absolute Gasteiger partial charge is 0.234 e. The van der Waals surface area contributed by atoms with Gasteiger partial charge in [0, 0.05) is 4.47 Å². The zero-order valence-corrected chi connectivity index (χ0v) is 14.4. The lowest BCUT2D eigenvalue weighted by molar-refractivity contribution is -0.113. The molecule has 0 aliphatic carbocycles. The Bertz CT molecular complexity index is 788. The molecule has 0 fully saturated rings. The van der Waals surface area contributed by atoms with Crippen molar-refractivity contribution in [3.8, 4) is 0 Å². The topological polar surface area (TPSA) is 73.0 Å². The third kappa shape index (κ3) is 4.23. The molecule has 1 aromatic carbocycles. The highest BCUT2D eigenvalue weighted by Crippen LogP contribution is 2.22. The second-order valence-corrected chi connectivity index (χ2v) is 6.43. The van der Waals surface area contributed by atoms with Gasteiger partial charge in [-0.1, -0.05) is 23.9 Å². The molecule has 2 aromatic heterocycles. The molecule has 0 radical (unpaired) electrons. The minimum absolute atomic E-state index is 0.102. The number of anilines is 1. The Morgan fingerprint density at radius 2 is 2.17 bits per heavy atom. The summed E-state index contributed by atoms with van der Waals surface area (Å²) in [7, 11) is 0. The van der Waals surface area contributed by atoms with Crippen molar-refractivity contribution in [2.24, 2.45) is 0 Å². The van der Waals surface area contributed by atoms with Crippen LogP contribution in [0, 0.1) is 0 Å². The summed E-state index contributed by atoms with van der Waals surface area (Å²) in [5.74, 6) is 0.955. The fourth-order valence-corrected chi connectivity index (χ4v) is 3.01. The lowest BCUT2D eigenvalue weighted by atomic mass is 10.3. The van der Waals surface area contributed by atoms with Crippen LogP contribution in [0.1, 0.15) is 5.76 Å². The summed E-state index contributed by atoms with van der Waals surface area (Å²) < 4.78 is 8.00. The molecule has 6 nitrogen and oxygen atoms in total. The molecular weight excluding hydrogens is 380 g/mol. The van der Waals surface area contributed by atoms with Crippen molar-refractivity contribution in [3.05, 3.63) is 59.2 Å². The first kappa shape index (κ1) is 15.8. The summed E-state index contributed by atoms with van der Waals surface area (Å²) in [6.07, 6.45) is 3.24. The lowest BCUT2D eigenvalue weighted by Gasteiger charge is -2.07. The Hall–Kier alpha value is -2.06. The molecule has 1 N–H and O–H groups in total. The molecule has 2 heterocycles. The molecule has 0 aliphatic rings. The Morgan fingerprint density at radius 3 is 2.96 bits per heavy atom. The average Bonchev–Trinajstić information content (AvgIpc) is 3.20. The number of nitrogens with zero attached hydrogens (tertiary/aromatic N) is 3. The number of carbonyl (C=O) groups is 1. The Kier molecular flexibility index (Phi) is 5.14. The molecule has 0 unspecified atom stereocenters. The third-order valence-corrected chi connectivity index (χ3v) is 4.64. The zero-order valence-electron chi connectivity index (χ0n) is 12.0. The minimum Gasteiger partial charge on any atom is -0.467 e. The van der Waals surface area contributed by atoms with Gasteiger partial charge in [-0.15, -0.1) is 10.2 Å². The normalized spacial score (nSPS) is 10.7. The van der Waals surface area contributed by atoms with E-state index < -0.39 is 0 Å². The Morgan fingerprint density at radius 1 is 1.30 bits per heavy atom. The molecular formula is C15H13BrN4O2S. The number of aromatic nitrogens is 3. The number of nitrogens with one attached hydrogen (secondary N) is 1. The predicted molar refractivity (Wildman–Crippen MR) is 91.3 cm³/mol. The van der Waals surface area contributed by atoms with Gasteiger partial charge in [0.1, 0.15) is 12.1 Å². The van der Waals surface area contributed by atoms with Crippen LogP contribution in [0.2, 0.25) is 0 Å².